The van der Waals surface area contributed by atoms with Gasteiger partial charge in [0.1, 0.15) is 5.75 Å². The Bertz CT molecular complexity index is 729. The van der Waals surface area contributed by atoms with Crippen LogP contribution in [-0.4, -0.2) is 54.6 Å². The number of phenols is 1. The first-order valence-electron chi connectivity index (χ1n) is 10.6. The van der Waals surface area contributed by atoms with Crippen LogP contribution < -0.4 is 0 Å². The number of likely N-dealkylation sites (N-methyl/N-ethyl adjacent to an activating group) is 1. The molecule has 148 valence electrons. The lowest BCUT2D eigenvalue weighted by Gasteiger charge is -2.50. The average Bonchev–Trinajstić information content (AvgIpc) is 2.94. The highest BCUT2D eigenvalue weighted by molar-refractivity contribution is 5.84. The van der Waals surface area contributed by atoms with Crippen LogP contribution in [0.25, 0.3) is 0 Å². The lowest BCUT2D eigenvalue weighted by Crippen LogP contribution is -2.43. The third-order valence-electron chi connectivity index (χ3n) is 7.73. The number of aliphatic hydroxyl groups excluding tert-OH is 1. The van der Waals surface area contributed by atoms with E-state index in [1.807, 2.05) is 26.4 Å². The Kier molecular flexibility index (Phi) is 5.06. The normalized spacial score (nSPS) is 35.3. The number of aryl methyl sites for hydroxylation is 1. The van der Waals surface area contributed by atoms with E-state index in [9.17, 15) is 10.2 Å². The van der Waals surface area contributed by atoms with Crippen LogP contribution in [0.3, 0.4) is 0 Å². The molecule has 0 amide bonds. The zero-order valence-corrected chi connectivity index (χ0v) is 17.0. The van der Waals surface area contributed by atoms with Crippen molar-refractivity contribution in [2.75, 3.05) is 27.2 Å². The van der Waals surface area contributed by atoms with Crippen LogP contribution in [0.4, 0.5) is 0 Å². The second-order valence-electron chi connectivity index (χ2n) is 9.50. The molecule has 4 nitrogen and oxygen atoms in total. The number of hydrogen-bond acceptors (Lipinski definition) is 4. The van der Waals surface area contributed by atoms with Gasteiger partial charge in [0.25, 0.3) is 0 Å². The van der Waals surface area contributed by atoms with Crippen LogP contribution in [0.5, 0.6) is 5.75 Å². The monoisotopic (exact) mass is 370 g/mol. The first-order chi connectivity index (χ1) is 12.9. The van der Waals surface area contributed by atoms with E-state index in [1.165, 1.54) is 24.0 Å². The molecule has 2 N–H and O–H groups in total. The van der Waals surface area contributed by atoms with E-state index in [0.29, 0.717) is 23.5 Å². The number of phenolic OH excluding ortho intramolecular Hbond substituents is 1. The Morgan fingerprint density at radius 1 is 1.22 bits per heavy atom. The highest BCUT2D eigenvalue weighted by Gasteiger charge is 2.54. The summed E-state index contributed by atoms with van der Waals surface area (Å²) in [5.74, 6) is 2.26. The van der Waals surface area contributed by atoms with E-state index in [0.717, 1.165) is 44.3 Å². The van der Waals surface area contributed by atoms with Crippen molar-refractivity contribution >= 4 is 6.21 Å². The van der Waals surface area contributed by atoms with E-state index in [4.69, 9.17) is 0 Å². The lowest BCUT2D eigenvalue weighted by atomic mass is 9.55. The van der Waals surface area contributed by atoms with Crippen LogP contribution in [0.1, 0.15) is 61.6 Å². The second-order valence-corrected chi connectivity index (χ2v) is 9.50. The molecule has 27 heavy (non-hydrogen) atoms. The molecule has 1 aromatic rings. The predicted molar refractivity (Wildman–Crippen MR) is 110 cm³/mol. The molecule has 0 unspecified atom stereocenters. The van der Waals surface area contributed by atoms with Gasteiger partial charge in [-0.15, -0.1) is 0 Å². The number of aromatic hydroxyl groups is 1. The van der Waals surface area contributed by atoms with E-state index >= 15 is 0 Å². The summed E-state index contributed by atoms with van der Waals surface area (Å²) in [5, 5.41) is 21.0. The Labute approximate surface area is 163 Å². The highest BCUT2D eigenvalue weighted by Crippen LogP contribution is 2.61. The summed E-state index contributed by atoms with van der Waals surface area (Å²) in [4.78, 5) is 6.62. The molecule has 0 spiro atoms. The zero-order chi connectivity index (χ0) is 19.2. The Hall–Kier alpha value is -1.39. The number of aliphatic imine (C=N–C) groups is 1. The largest absolute Gasteiger partial charge is 0.507 e. The molecule has 4 heteroatoms. The Balaban J connectivity index is 1.59. The van der Waals surface area contributed by atoms with Crippen molar-refractivity contribution in [2.45, 2.75) is 57.5 Å². The fraction of sp³-hybridized carbons (Fsp3) is 0.696. The standard InChI is InChI=1S/C23H34N2O2/c1-23-9-8-17-18(20(23)6-7-22(23)27)5-4-15-13-21(26)16(12-19(15)17)14-24-10-11-25(2)3/h12-14,17-18,20,22,26-27H,4-11H2,1-3H3/t17-,18+,20-,22-,23-/m0/s1. The van der Waals surface area contributed by atoms with Gasteiger partial charge in [0.2, 0.25) is 0 Å². The van der Waals surface area contributed by atoms with Crippen LogP contribution in [0, 0.1) is 17.3 Å². The molecule has 2 saturated carbocycles. The van der Waals surface area contributed by atoms with Gasteiger partial charge in [0.15, 0.2) is 0 Å². The van der Waals surface area contributed by atoms with Gasteiger partial charge in [-0.1, -0.05) is 6.92 Å². The molecule has 4 rings (SSSR count). The van der Waals surface area contributed by atoms with E-state index < -0.39 is 0 Å². The molecule has 0 aromatic heterocycles. The van der Waals surface area contributed by atoms with E-state index in [-0.39, 0.29) is 11.5 Å². The zero-order valence-electron chi connectivity index (χ0n) is 17.0. The lowest BCUT2D eigenvalue weighted by molar-refractivity contribution is -0.0226. The molecule has 0 bridgehead atoms. The Morgan fingerprint density at radius 3 is 2.81 bits per heavy atom. The summed E-state index contributed by atoms with van der Waals surface area (Å²) < 4.78 is 0. The van der Waals surface area contributed by atoms with Gasteiger partial charge in [-0.3, -0.25) is 4.99 Å². The minimum Gasteiger partial charge on any atom is -0.507 e. The number of hydrogen-bond donors (Lipinski definition) is 2. The van der Waals surface area contributed by atoms with Gasteiger partial charge in [0, 0.05) is 18.3 Å². The predicted octanol–water partition coefficient (Wildman–Crippen LogP) is 3.59. The van der Waals surface area contributed by atoms with Gasteiger partial charge in [-0.25, -0.2) is 0 Å². The molecule has 5 atom stereocenters. The maximum atomic E-state index is 10.6. The summed E-state index contributed by atoms with van der Waals surface area (Å²) in [5.41, 5.74) is 3.72. The topological polar surface area (TPSA) is 56.1 Å². The van der Waals surface area contributed by atoms with Crippen LogP contribution in [0.2, 0.25) is 0 Å². The molecule has 2 fully saturated rings. The Morgan fingerprint density at radius 2 is 2.04 bits per heavy atom. The third kappa shape index (κ3) is 3.31. The number of fused-ring (bicyclic) bond motifs is 5. The van der Waals surface area contributed by atoms with E-state index in [2.05, 4.69) is 22.9 Å². The number of aliphatic hydroxyl groups is 1. The van der Waals surface area contributed by atoms with Crippen molar-refractivity contribution in [2.24, 2.45) is 22.2 Å². The van der Waals surface area contributed by atoms with Gasteiger partial charge >= 0.3 is 0 Å². The average molecular weight is 371 g/mol. The van der Waals surface area contributed by atoms with Gasteiger partial charge in [-0.2, -0.15) is 0 Å². The van der Waals surface area contributed by atoms with Gasteiger partial charge in [0.05, 0.1) is 12.6 Å². The number of rotatable bonds is 4. The highest BCUT2D eigenvalue weighted by atomic mass is 16.3. The van der Waals surface area contributed by atoms with Gasteiger partial charge in [-0.05, 0) is 99.0 Å². The third-order valence-corrected chi connectivity index (χ3v) is 7.73. The summed E-state index contributed by atoms with van der Waals surface area (Å²) in [6.07, 6.45) is 8.38. The van der Waals surface area contributed by atoms with Crippen molar-refractivity contribution in [3.63, 3.8) is 0 Å². The minimum absolute atomic E-state index is 0.117. The van der Waals surface area contributed by atoms with Crippen molar-refractivity contribution in [1.82, 2.24) is 4.90 Å². The van der Waals surface area contributed by atoms with Crippen molar-refractivity contribution < 1.29 is 10.2 Å². The maximum absolute atomic E-state index is 10.6. The fourth-order valence-corrected chi connectivity index (χ4v) is 6.12. The molecule has 3 aliphatic carbocycles. The second kappa shape index (κ2) is 7.21. The van der Waals surface area contributed by atoms with Crippen molar-refractivity contribution in [3.8, 4) is 5.75 Å². The SMILES string of the molecule is CN(C)CCN=Cc1cc2c(cc1O)CC[C@@H]1[C@@H]2CC[C@]2(C)[C@@H](O)CC[C@@H]12. The molecular formula is C23H34N2O2. The molecule has 0 aliphatic heterocycles. The van der Waals surface area contributed by atoms with Crippen molar-refractivity contribution in [3.05, 3.63) is 28.8 Å². The number of nitrogens with zero attached hydrogens (tertiary/aromatic N) is 2. The quantitative estimate of drug-likeness (QED) is 0.797. The van der Waals surface area contributed by atoms with Crippen LogP contribution in [0.15, 0.2) is 17.1 Å². The first kappa shape index (κ1) is 18.9. The molecule has 0 heterocycles. The van der Waals surface area contributed by atoms with Crippen molar-refractivity contribution in [1.29, 1.82) is 0 Å². The van der Waals surface area contributed by atoms with Crippen LogP contribution in [-0.2, 0) is 6.42 Å². The molecule has 0 saturated heterocycles. The molecule has 3 aliphatic rings. The fourth-order valence-electron chi connectivity index (χ4n) is 6.12. The molecule has 1 aromatic carbocycles. The summed E-state index contributed by atoms with van der Waals surface area (Å²) in [6.45, 7) is 3.98. The summed E-state index contributed by atoms with van der Waals surface area (Å²) in [7, 11) is 4.09. The maximum Gasteiger partial charge on any atom is 0.124 e. The summed E-state index contributed by atoms with van der Waals surface area (Å²) >= 11 is 0. The first-order valence-corrected chi connectivity index (χ1v) is 10.6. The van der Waals surface area contributed by atoms with Gasteiger partial charge < -0.3 is 15.1 Å². The van der Waals surface area contributed by atoms with Crippen LogP contribution >= 0.6 is 0 Å². The molecular weight excluding hydrogens is 336 g/mol. The molecule has 0 radical (unpaired) electrons. The minimum atomic E-state index is -0.121. The summed E-state index contributed by atoms with van der Waals surface area (Å²) in [6, 6.07) is 4.19. The number of benzene rings is 1. The smallest absolute Gasteiger partial charge is 0.124 e. The van der Waals surface area contributed by atoms with E-state index in [1.54, 1.807) is 0 Å².